The van der Waals surface area contributed by atoms with Gasteiger partial charge >= 0.3 is 6.09 Å². The molecule has 0 saturated heterocycles. The molecule has 2 aromatic rings. The molecule has 0 saturated carbocycles. The van der Waals surface area contributed by atoms with Crippen LogP contribution in [0, 0.1) is 0 Å². The molecule has 0 unspecified atom stereocenters. The quantitative estimate of drug-likeness (QED) is 0.574. The van der Waals surface area contributed by atoms with Gasteiger partial charge in [-0.05, 0) is 23.6 Å². The van der Waals surface area contributed by atoms with Crippen LogP contribution in [0.1, 0.15) is 21.5 Å². The van der Waals surface area contributed by atoms with Gasteiger partial charge in [0.2, 0.25) is 21.8 Å². The zero-order chi connectivity index (χ0) is 21.4. The van der Waals surface area contributed by atoms with Crippen LogP contribution in [-0.2, 0) is 32.6 Å². The van der Waals surface area contributed by atoms with E-state index in [1.165, 1.54) is 12.1 Å². The Morgan fingerprint density at radius 1 is 1.03 bits per heavy atom. The summed E-state index contributed by atoms with van der Waals surface area (Å²) in [6.07, 6.45) is -0.340. The standard InChI is InChI=1S/C19H21N3O6S/c1-29(26,27)22-16(11-14-9-5-6-10-15(14)17(20)23)18(24)21-19(25)28-12-13-7-3-2-4-8-13/h2-10,16,22H,11-12H2,1H3,(H2,20,23)(H,21,24,25)/t16-/m0/s1. The number of alkyl carbamates (subject to hydrolysis) is 1. The predicted octanol–water partition coefficient (Wildman–Crippen LogP) is 0.699. The van der Waals surface area contributed by atoms with Crippen LogP contribution in [0.5, 0.6) is 0 Å². The molecule has 0 aliphatic rings. The number of sulfonamides is 1. The van der Waals surface area contributed by atoms with Crippen LogP contribution >= 0.6 is 0 Å². The highest BCUT2D eigenvalue weighted by Crippen LogP contribution is 2.12. The van der Waals surface area contributed by atoms with E-state index in [1.54, 1.807) is 42.5 Å². The average molecular weight is 419 g/mol. The summed E-state index contributed by atoms with van der Waals surface area (Å²) < 4.78 is 30.4. The molecule has 0 spiro atoms. The molecule has 0 radical (unpaired) electrons. The Morgan fingerprint density at radius 2 is 1.66 bits per heavy atom. The van der Waals surface area contributed by atoms with Gasteiger partial charge in [-0.15, -0.1) is 0 Å². The highest BCUT2D eigenvalue weighted by atomic mass is 32.2. The van der Waals surface area contributed by atoms with Gasteiger partial charge in [0.05, 0.1) is 6.26 Å². The molecule has 4 N–H and O–H groups in total. The fourth-order valence-corrected chi connectivity index (χ4v) is 3.26. The molecule has 0 fully saturated rings. The second-order valence-corrected chi connectivity index (χ2v) is 8.00. The van der Waals surface area contributed by atoms with Crippen LogP contribution in [-0.4, -0.2) is 38.6 Å². The van der Waals surface area contributed by atoms with E-state index < -0.39 is 34.0 Å². The summed E-state index contributed by atoms with van der Waals surface area (Å²) in [7, 11) is -3.79. The smallest absolute Gasteiger partial charge is 0.414 e. The second kappa shape index (κ2) is 9.80. The van der Waals surface area contributed by atoms with Crippen molar-refractivity contribution in [2.45, 2.75) is 19.1 Å². The Morgan fingerprint density at radius 3 is 2.28 bits per heavy atom. The lowest BCUT2D eigenvalue weighted by molar-refractivity contribution is -0.122. The number of hydrogen-bond acceptors (Lipinski definition) is 6. The molecule has 0 aromatic heterocycles. The molecule has 2 aromatic carbocycles. The Hall–Kier alpha value is -3.24. The molecule has 0 aliphatic heterocycles. The van der Waals surface area contributed by atoms with Gasteiger partial charge in [0.15, 0.2) is 0 Å². The first-order valence-corrected chi connectivity index (χ1v) is 10.4. The summed E-state index contributed by atoms with van der Waals surface area (Å²) >= 11 is 0. The van der Waals surface area contributed by atoms with Crippen molar-refractivity contribution in [3.05, 3.63) is 71.3 Å². The zero-order valence-corrected chi connectivity index (χ0v) is 16.4. The van der Waals surface area contributed by atoms with E-state index in [4.69, 9.17) is 10.5 Å². The normalized spacial score (nSPS) is 12.0. The maximum absolute atomic E-state index is 12.5. The highest BCUT2D eigenvalue weighted by Gasteiger charge is 2.26. The highest BCUT2D eigenvalue weighted by molar-refractivity contribution is 7.88. The topological polar surface area (TPSA) is 145 Å². The van der Waals surface area contributed by atoms with Gasteiger partial charge in [0.25, 0.3) is 0 Å². The first-order valence-electron chi connectivity index (χ1n) is 8.52. The van der Waals surface area contributed by atoms with Crippen molar-refractivity contribution in [3.8, 4) is 0 Å². The minimum atomic E-state index is -3.79. The number of nitrogens with one attached hydrogen (secondary N) is 2. The number of rotatable bonds is 8. The van der Waals surface area contributed by atoms with Crippen LogP contribution in [0.3, 0.4) is 0 Å². The van der Waals surface area contributed by atoms with Crippen molar-refractivity contribution in [3.63, 3.8) is 0 Å². The number of hydrogen-bond donors (Lipinski definition) is 3. The van der Waals surface area contributed by atoms with E-state index in [2.05, 4.69) is 4.72 Å². The molecule has 0 aliphatic carbocycles. The second-order valence-electron chi connectivity index (χ2n) is 6.22. The molecule has 10 heteroatoms. The lowest BCUT2D eigenvalue weighted by atomic mass is 10.00. The van der Waals surface area contributed by atoms with Crippen molar-refractivity contribution >= 4 is 27.9 Å². The number of amides is 3. The summed E-state index contributed by atoms with van der Waals surface area (Å²) in [5.41, 5.74) is 6.54. The fraction of sp³-hybridized carbons (Fsp3) is 0.211. The van der Waals surface area contributed by atoms with Crippen LogP contribution < -0.4 is 15.8 Å². The Labute approximate surface area is 168 Å². The Balaban J connectivity index is 2.09. The van der Waals surface area contributed by atoms with E-state index in [1.807, 2.05) is 5.32 Å². The number of primary amides is 1. The monoisotopic (exact) mass is 419 g/mol. The van der Waals surface area contributed by atoms with Crippen molar-refractivity contribution in [2.75, 3.05) is 6.26 Å². The van der Waals surface area contributed by atoms with E-state index in [-0.39, 0.29) is 18.6 Å². The van der Waals surface area contributed by atoms with Crippen LogP contribution in [0.15, 0.2) is 54.6 Å². The van der Waals surface area contributed by atoms with Gasteiger partial charge in [-0.25, -0.2) is 17.9 Å². The van der Waals surface area contributed by atoms with Crippen molar-refractivity contribution < 1.29 is 27.5 Å². The van der Waals surface area contributed by atoms with Crippen molar-refractivity contribution in [2.24, 2.45) is 5.73 Å². The minimum Gasteiger partial charge on any atom is -0.444 e. The van der Waals surface area contributed by atoms with Crippen LogP contribution in [0.25, 0.3) is 0 Å². The van der Waals surface area contributed by atoms with Crippen molar-refractivity contribution in [1.82, 2.24) is 10.0 Å². The summed E-state index contributed by atoms with van der Waals surface area (Å²) in [5, 5.41) is 2.00. The Bertz CT molecular complexity index is 992. The maximum atomic E-state index is 12.5. The third kappa shape index (κ3) is 7.35. The first-order chi connectivity index (χ1) is 13.7. The SMILES string of the molecule is CS(=O)(=O)N[C@@H](Cc1ccccc1C(N)=O)C(=O)NC(=O)OCc1ccccc1. The number of nitrogens with two attached hydrogens (primary N) is 1. The average Bonchev–Trinajstić information content (AvgIpc) is 2.66. The fourth-order valence-electron chi connectivity index (χ4n) is 2.55. The molecule has 1 atom stereocenters. The number of carbonyl (C=O) groups excluding carboxylic acids is 3. The van der Waals surface area contributed by atoms with Gasteiger partial charge in [-0.1, -0.05) is 48.5 Å². The minimum absolute atomic E-state index is 0.0609. The number of imide groups is 1. The lowest BCUT2D eigenvalue weighted by Crippen LogP contribution is -2.49. The third-order valence-electron chi connectivity index (χ3n) is 3.82. The largest absolute Gasteiger partial charge is 0.444 e. The van der Waals surface area contributed by atoms with Gasteiger partial charge in [-0.2, -0.15) is 0 Å². The molecule has 9 nitrogen and oxygen atoms in total. The third-order valence-corrected chi connectivity index (χ3v) is 4.53. The molecule has 3 amide bonds. The van der Waals surface area contributed by atoms with E-state index in [0.717, 1.165) is 11.8 Å². The van der Waals surface area contributed by atoms with E-state index in [9.17, 15) is 22.8 Å². The molecule has 154 valence electrons. The van der Waals surface area contributed by atoms with Crippen molar-refractivity contribution in [1.29, 1.82) is 0 Å². The molecular weight excluding hydrogens is 398 g/mol. The van der Waals surface area contributed by atoms with Crippen LogP contribution in [0.2, 0.25) is 0 Å². The predicted molar refractivity (Wildman–Crippen MR) is 105 cm³/mol. The van der Waals surface area contributed by atoms with Gasteiger partial charge in [0, 0.05) is 5.56 Å². The molecule has 0 bridgehead atoms. The van der Waals surface area contributed by atoms with E-state index in [0.29, 0.717) is 5.56 Å². The summed E-state index contributed by atoms with van der Waals surface area (Å²) in [6.45, 7) is -0.0609. The van der Waals surface area contributed by atoms with E-state index >= 15 is 0 Å². The van der Waals surface area contributed by atoms with Crippen LogP contribution in [0.4, 0.5) is 4.79 Å². The van der Waals surface area contributed by atoms with Gasteiger partial charge in [-0.3, -0.25) is 14.9 Å². The number of benzene rings is 2. The first kappa shape index (κ1) is 22.1. The molecule has 0 heterocycles. The summed E-state index contributed by atoms with van der Waals surface area (Å²) in [6, 6.07) is 13.7. The lowest BCUT2D eigenvalue weighted by Gasteiger charge is -2.18. The summed E-state index contributed by atoms with van der Waals surface area (Å²) in [4.78, 5) is 36.0. The summed E-state index contributed by atoms with van der Waals surface area (Å²) in [5.74, 6) is -1.64. The maximum Gasteiger partial charge on any atom is 0.414 e. The van der Waals surface area contributed by atoms with Gasteiger partial charge < -0.3 is 10.5 Å². The van der Waals surface area contributed by atoms with Gasteiger partial charge in [0.1, 0.15) is 12.6 Å². The molecule has 2 rings (SSSR count). The zero-order valence-electron chi connectivity index (χ0n) is 15.6. The number of carbonyl (C=O) groups is 3. The molecule has 29 heavy (non-hydrogen) atoms. The Kier molecular flexibility index (Phi) is 7.46. The molecular formula is C19H21N3O6S. The number of ether oxygens (including phenoxy) is 1.